The molecule has 0 spiro atoms. The highest BCUT2D eigenvalue weighted by atomic mass is 16.2. The van der Waals surface area contributed by atoms with E-state index in [1.165, 1.54) is 30.5 Å². The molecule has 4 aliphatic rings. The van der Waals surface area contributed by atoms with Gasteiger partial charge in [-0.05, 0) is 49.5 Å². The number of amides is 1. The van der Waals surface area contributed by atoms with Crippen LogP contribution in [-0.4, -0.2) is 38.1 Å². The lowest BCUT2D eigenvalue weighted by Crippen LogP contribution is -2.40. The van der Waals surface area contributed by atoms with E-state index in [2.05, 4.69) is 27.1 Å². The molecule has 2 saturated carbocycles. The molecule has 0 unspecified atom stereocenters. The van der Waals surface area contributed by atoms with Gasteiger partial charge in [-0.1, -0.05) is 26.2 Å². The van der Waals surface area contributed by atoms with Gasteiger partial charge >= 0.3 is 0 Å². The van der Waals surface area contributed by atoms with E-state index in [9.17, 15) is 4.79 Å². The topological polar surface area (TPSA) is 90.6 Å². The molecule has 0 saturated heterocycles. The number of rotatable bonds is 3. The summed E-state index contributed by atoms with van der Waals surface area (Å²) >= 11 is 0. The molecule has 3 aromatic rings. The minimum absolute atomic E-state index is 0.139. The fourth-order valence-corrected chi connectivity index (χ4v) is 5.98. The van der Waals surface area contributed by atoms with Crippen molar-refractivity contribution < 1.29 is 4.79 Å². The van der Waals surface area contributed by atoms with Crippen molar-refractivity contribution in [3.05, 3.63) is 23.5 Å². The molecule has 7 heteroatoms. The van der Waals surface area contributed by atoms with Gasteiger partial charge in [-0.15, -0.1) is 0 Å². The van der Waals surface area contributed by atoms with Crippen molar-refractivity contribution in [2.45, 2.75) is 64.2 Å². The lowest BCUT2D eigenvalue weighted by Gasteiger charge is -2.50. The highest BCUT2D eigenvalue weighted by Gasteiger charge is 2.48. The summed E-state index contributed by atoms with van der Waals surface area (Å²) in [5.41, 5.74) is 6.30. The van der Waals surface area contributed by atoms with Gasteiger partial charge in [-0.25, -0.2) is 9.97 Å². The van der Waals surface area contributed by atoms with E-state index in [-0.39, 0.29) is 11.8 Å². The fraction of sp³-hybridized carbons (Fsp3) is 0.565. The standard InChI is InChI=1S/C23H28N6O/c1-23-9-14(10-23)18-17(11-23)27-28-19(18)21-25-16-8-15(12-24-20(16)26-21)29(2)22(30)13-6-4-3-5-7-13/h8,12-14H,3-7,9-11H2,1-2H3,(H,27,28)(H,24,25,26). The Labute approximate surface area is 175 Å². The van der Waals surface area contributed by atoms with Crippen LogP contribution in [0.3, 0.4) is 0 Å². The number of imidazole rings is 1. The van der Waals surface area contributed by atoms with Gasteiger partial charge in [-0.2, -0.15) is 5.10 Å². The number of hydrogen-bond donors (Lipinski definition) is 2. The summed E-state index contributed by atoms with van der Waals surface area (Å²) in [5.74, 6) is 1.69. The zero-order chi connectivity index (χ0) is 20.5. The minimum Gasteiger partial charge on any atom is -0.335 e. The lowest BCUT2D eigenvalue weighted by molar-refractivity contribution is -0.123. The zero-order valence-electron chi connectivity index (χ0n) is 17.7. The number of aromatic amines is 2. The first-order valence-electron chi connectivity index (χ1n) is 11.2. The molecule has 7 nitrogen and oxygen atoms in total. The first kappa shape index (κ1) is 18.1. The predicted octanol–water partition coefficient (Wildman–Crippen LogP) is 4.33. The van der Waals surface area contributed by atoms with E-state index >= 15 is 0 Å². The van der Waals surface area contributed by atoms with E-state index in [1.807, 2.05) is 13.1 Å². The van der Waals surface area contributed by atoms with Crippen LogP contribution >= 0.6 is 0 Å². The van der Waals surface area contributed by atoms with Crippen LogP contribution in [-0.2, 0) is 11.2 Å². The Morgan fingerprint density at radius 2 is 2.03 bits per heavy atom. The number of carbonyl (C=O) groups is 1. The molecule has 2 fully saturated rings. The van der Waals surface area contributed by atoms with Gasteiger partial charge in [0.2, 0.25) is 5.91 Å². The zero-order valence-corrected chi connectivity index (χ0v) is 17.7. The van der Waals surface area contributed by atoms with Crippen LogP contribution in [0.2, 0.25) is 0 Å². The maximum absolute atomic E-state index is 12.9. The molecule has 2 N–H and O–H groups in total. The summed E-state index contributed by atoms with van der Waals surface area (Å²) < 4.78 is 0. The summed E-state index contributed by atoms with van der Waals surface area (Å²) in [7, 11) is 1.86. The minimum atomic E-state index is 0.139. The molecular formula is C23H28N6O. The second-order valence-electron chi connectivity index (χ2n) is 9.94. The maximum atomic E-state index is 12.9. The van der Waals surface area contributed by atoms with Crippen LogP contribution in [0.5, 0.6) is 0 Å². The molecule has 1 amide bonds. The van der Waals surface area contributed by atoms with Gasteiger partial charge in [0.25, 0.3) is 0 Å². The van der Waals surface area contributed by atoms with Crippen molar-refractivity contribution in [1.29, 1.82) is 0 Å². The summed E-state index contributed by atoms with van der Waals surface area (Å²) in [6, 6.07) is 1.99. The van der Waals surface area contributed by atoms with Crippen LogP contribution in [0, 0.1) is 11.3 Å². The van der Waals surface area contributed by atoms with Crippen LogP contribution < -0.4 is 4.90 Å². The first-order valence-corrected chi connectivity index (χ1v) is 11.2. The van der Waals surface area contributed by atoms with E-state index in [4.69, 9.17) is 4.98 Å². The molecule has 3 heterocycles. The fourth-order valence-electron chi connectivity index (χ4n) is 5.98. The largest absolute Gasteiger partial charge is 0.335 e. The number of aromatic nitrogens is 5. The van der Waals surface area contributed by atoms with Gasteiger partial charge in [-0.3, -0.25) is 9.89 Å². The SMILES string of the molecule is CN(C(=O)C1CCCCC1)c1cnc2nc(-c3n[nH]c4c3C3CC(C)(C4)C3)[nH]c2c1. The molecule has 3 aromatic heterocycles. The molecule has 0 radical (unpaired) electrons. The Morgan fingerprint density at radius 1 is 1.23 bits per heavy atom. The van der Waals surface area contributed by atoms with Crippen LogP contribution in [0.25, 0.3) is 22.7 Å². The lowest BCUT2D eigenvalue weighted by atomic mass is 9.54. The van der Waals surface area contributed by atoms with Crippen molar-refractivity contribution >= 4 is 22.8 Å². The number of pyridine rings is 1. The van der Waals surface area contributed by atoms with Crippen molar-refractivity contribution in [3.63, 3.8) is 0 Å². The van der Waals surface area contributed by atoms with Gasteiger partial charge in [0, 0.05) is 24.2 Å². The van der Waals surface area contributed by atoms with Crippen molar-refractivity contribution in [3.8, 4) is 11.5 Å². The number of fused-ring (bicyclic) bond motifs is 1. The summed E-state index contributed by atoms with van der Waals surface area (Å²) in [6.45, 7) is 2.37. The second kappa shape index (κ2) is 6.40. The normalized spacial score (nSPS) is 25.7. The maximum Gasteiger partial charge on any atom is 0.229 e. The van der Waals surface area contributed by atoms with Crippen molar-refractivity contribution in [2.24, 2.45) is 11.3 Å². The summed E-state index contributed by atoms with van der Waals surface area (Å²) in [5, 5.41) is 7.86. The predicted molar refractivity (Wildman–Crippen MR) is 115 cm³/mol. The molecule has 30 heavy (non-hydrogen) atoms. The number of carbonyl (C=O) groups excluding carboxylic acids is 1. The summed E-state index contributed by atoms with van der Waals surface area (Å²) in [4.78, 5) is 27.3. The molecule has 0 atom stereocenters. The third kappa shape index (κ3) is 2.71. The first-order chi connectivity index (χ1) is 14.5. The van der Waals surface area contributed by atoms with Crippen LogP contribution in [0.15, 0.2) is 12.3 Å². The van der Waals surface area contributed by atoms with Crippen LogP contribution in [0.1, 0.15) is 69.0 Å². The Balaban J connectivity index is 1.31. The molecular weight excluding hydrogens is 376 g/mol. The molecule has 2 bridgehead atoms. The number of H-pyrrole nitrogens is 2. The summed E-state index contributed by atoms with van der Waals surface area (Å²) in [6.07, 6.45) is 10.9. The number of nitrogens with one attached hydrogen (secondary N) is 2. The average Bonchev–Trinajstić information content (AvgIpc) is 3.35. The van der Waals surface area contributed by atoms with Crippen LogP contribution in [0.4, 0.5) is 5.69 Å². The molecule has 0 aromatic carbocycles. The Morgan fingerprint density at radius 3 is 2.83 bits per heavy atom. The highest BCUT2D eigenvalue weighted by Crippen LogP contribution is 2.59. The number of hydrogen-bond acceptors (Lipinski definition) is 4. The quantitative estimate of drug-likeness (QED) is 0.680. The van der Waals surface area contributed by atoms with Crippen molar-refractivity contribution in [1.82, 2.24) is 25.1 Å². The second-order valence-corrected chi connectivity index (χ2v) is 9.94. The molecule has 4 aliphatic carbocycles. The monoisotopic (exact) mass is 404 g/mol. The number of anilines is 1. The van der Waals surface area contributed by atoms with Gasteiger partial charge in [0.15, 0.2) is 11.5 Å². The van der Waals surface area contributed by atoms with Gasteiger partial charge in [0.05, 0.1) is 17.4 Å². The Bertz CT molecular complexity index is 1130. The Kier molecular flexibility index (Phi) is 3.86. The average molecular weight is 405 g/mol. The molecule has 7 rings (SSSR count). The third-order valence-corrected chi connectivity index (χ3v) is 7.59. The van der Waals surface area contributed by atoms with E-state index in [0.717, 1.165) is 54.8 Å². The van der Waals surface area contributed by atoms with Gasteiger partial charge < -0.3 is 9.88 Å². The van der Waals surface area contributed by atoms with Gasteiger partial charge in [0.1, 0.15) is 5.69 Å². The Hall–Kier alpha value is -2.70. The van der Waals surface area contributed by atoms with E-state index < -0.39 is 0 Å². The number of nitrogens with zero attached hydrogens (tertiary/aromatic N) is 4. The highest BCUT2D eigenvalue weighted by molar-refractivity contribution is 5.95. The van der Waals surface area contributed by atoms with E-state index in [0.29, 0.717) is 17.0 Å². The van der Waals surface area contributed by atoms with Crippen molar-refractivity contribution in [2.75, 3.05) is 11.9 Å². The molecule has 156 valence electrons. The smallest absolute Gasteiger partial charge is 0.229 e. The van der Waals surface area contributed by atoms with E-state index in [1.54, 1.807) is 11.1 Å². The third-order valence-electron chi connectivity index (χ3n) is 7.59. The molecule has 0 aliphatic heterocycles.